The van der Waals surface area contributed by atoms with Gasteiger partial charge in [0.1, 0.15) is 0 Å². The smallest absolute Gasteiger partial charge is 0.254 e. The molecule has 0 bridgehead atoms. The number of piperazine rings is 1. The molecule has 1 aromatic rings. The van der Waals surface area contributed by atoms with Crippen molar-refractivity contribution in [2.75, 3.05) is 45.2 Å². The number of carbonyl (C=O) groups is 2. The van der Waals surface area contributed by atoms with E-state index in [1.54, 1.807) is 0 Å². The fourth-order valence-electron chi connectivity index (χ4n) is 4.04. The van der Waals surface area contributed by atoms with Crippen molar-refractivity contribution in [3.63, 3.8) is 0 Å². The van der Waals surface area contributed by atoms with E-state index in [0.717, 1.165) is 23.6 Å². The molecule has 2 fully saturated rings. The maximum absolute atomic E-state index is 12.8. The largest absolute Gasteiger partial charge is 0.378 e. The van der Waals surface area contributed by atoms with E-state index in [4.69, 9.17) is 0 Å². The second-order valence-corrected chi connectivity index (χ2v) is 7.81. The zero-order chi connectivity index (χ0) is 18.5. The minimum Gasteiger partial charge on any atom is -0.378 e. The molecule has 5 nitrogen and oxygen atoms in total. The van der Waals surface area contributed by atoms with Gasteiger partial charge in [0, 0.05) is 57.9 Å². The molecule has 26 heavy (non-hydrogen) atoms. The molecule has 1 aromatic carbocycles. The number of amides is 2. The summed E-state index contributed by atoms with van der Waals surface area (Å²) in [6.07, 6.45) is 6.95. The Hall–Kier alpha value is -2.04. The van der Waals surface area contributed by atoms with Crippen molar-refractivity contribution in [1.82, 2.24) is 9.80 Å². The van der Waals surface area contributed by atoms with Crippen LogP contribution in [0.5, 0.6) is 0 Å². The van der Waals surface area contributed by atoms with Gasteiger partial charge in [-0.05, 0) is 30.5 Å². The molecule has 1 heterocycles. The van der Waals surface area contributed by atoms with E-state index < -0.39 is 0 Å². The molecule has 0 spiro atoms. The Kier molecular flexibility index (Phi) is 6.17. The first-order valence-electron chi connectivity index (χ1n) is 9.89. The first-order valence-corrected chi connectivity index (χ1v) is 9.89. The number of benzene rings is 1. The van der Waals surface area contributed by atoms with Crippen LogP contribution < -0.4 is 4.90 Å². The lowest BCUT2D eigenvalue weighted by atomic mass is 10.0. The zero-order valence-corrected chi connectivity index (χ0v) is 16.1. The number of hydrogen-bond donors (Lipinski definition) is 0. The molecule has 0 atom stereocenters. The summed E-state index contributed by atoms with van der Waals surface area (Å²) in [7, 11) is 3.94. The van der Waals surface area contributed by atoms with Gasteiger partial charge in [0.05, 0.1) is 0 Å². The fourth-order valence-corrected chi connectivity index (χ4v) is 4.04. The SMILES string of the molecule is CN(C)c1cccc(C(=O)N2CCN(C(=O)CCC3CCCC3)CC2)c1. The predicted molar refractivity (Wildman–Crippen MR) is 104 cm³/mol. The first-order chi connectivity index (χ1) is 12.5. The number of anilines is 1. The van der Waals surface area contributed by atoms with E-state index in [9.17, 15) is 9.59 Å². The average Bonchev–Trinajstić information content (AvgIpc) is 3.19. The zero-order valence-electron chi connectivity index (χ0n) is 16.1. The molecule has 5 heteroatoms. The molecular formula is C21H31N3O2. The maximum Gasteiger partial charge on any atom is 0.254 e. The van der Waals surface area contributed by atoms with Gasteiger partial charge in [0.2, 0.25) is 5.91 Å². The summed E-state index contributed by atoms with van der Waals surface area (Å²) in [5, 5.41) is 0. The van der Waals surface area contributed by atoms with Gasteiger partial charge in [-0.15, -0.1) is 0 Å². The maximum atomic E-state index is 12.8. The highest BCUT2D eigenvalue weighted by Crippen LogP contribution is 2.28. The van der Waals surface area contributed by atoms with Crippen molar-refractivity contribution >= 4 is 17.5 Å². The molecule has 142 valence electrons. The van der Waals surface area contributed by atoms with Crippen LogP contribution in [0.2, 0.25) is 0 Å². The van der Waals surface area contributed by atoms with E-state index >= 15 is 0 Å². The quantitative estimate of drug-likeness (QED) is 0.814. The second kappa shape index (κ2) is 8.56. The number of rotatable bonds is 5. The molecule has 2 aliphatic rings. The third kappa shape index (κ3) is 4.57. The summed E-state index contributed by atoms with van der Waals surface area (Å²) in [4.78, 5) is 31.0. The minimum atomic E-state index is 0.0618. The first kappa shape index (κ1) is 18.7. The van der Waals surface area contributed by atoms with Crippen molar-refractivity contribution in [1.29, 1.82) is 0 Å². The van der Waals surface area contributed by atoms with Crippen molar-refractivity contribution in [2.24, 2.45) is 5.92 Å². The minimum absolute atomic E-state index is 0.0618. The molecule has 1 aliphatic carbocycles. The summed E-state index contributed by atoms with van der Waals surface area (Å²) < 4.78 is 0. The molecule has 0 N–H and O–H groups in total. The lowest BCUT2D eigenvalue weighted by Crippen LogP contribution is -2.50. The molecule has 0 aromatic heterocycles. The lowest BCUT2D eigenvalue weighted by Gasteiger charge is -2.35. The van der Waals surface area contributed by atoms with Crippen LogP contribution in [0.25, 0.3) is 0 Å². The Labute approximate surface area is 156 Å². The van der Waals surface area contributed by atoms with Gasteiger partial charge in [0.15, 0.2) is 0 Å². The van der Waals surface area contributed by atoms with Crippen molar-refractivity contribution in [2.45, 2.75) is 38.5 Å². The number of nitrogens with zero attached hydrogens (tertiary/aromatic N) is 3. The Morgan fingerprint density at radius 1 is 1.04 bits per heavy atom. The Bertz CT molecular complexity index is 630. The molecule has 1 saturated carbocycles. The molecule has 1 aliphatic heterocycles. The van der Waals surface area contributed by atoms with Crippen LogP contribution in [0.15, 0.2) is 24.3 Å². The average molecular weight is 357 g/mol. The highest BCUT2D eigenvalue weighted by Gasteiger charge is 2.25. The van der Waals surface area contributed by atoms with Crippen LogP contribution in [0.4, 0.5) is 5.69 Å². The Morgan fingerprint density at radius 3 is 2.35 bits per heavy atom. The number of hydrogen-bond acceptors (Lipinski definition) is 3. The van der Waals surface area contributed by atoms with Gasteiger partial charge in [-0.2, -0.15) is 0 Å². The summed E-state index contributed by atoms with van der Waals surface area (Å²) in [5.74, 6) is 1.08. The topological polar surface area (TPSA) is 43.9 Å². The number of carbonyl (C=O) groups excluding carboxylic acids is 2. The van der Waals surface area contributed by atoms with Crippen LogP contribution in [0.1, 0.15) is 48.9 Å². The predicted octanol–water partition coefficient (Wildman–Crippen LogP) is 3.01. The van der Waals surface area contributed by atoms with E-state index in [0.29, 0.717) is 32.6 Å². The van der Waals surface area contributed by atoms with Crippen LogP contribution in [-0.4, -0.2) is 61.9 Å². The Balaban J connectivity index is 1.49. The van der Waals surface area contributed by atoms with E-state index in [1.807, 2.05) is 53.1 Å². The second-order valence-electron chi connectivity index (χ2n) is 7.81. The van der Waals surface area contributed by atoms with Crippen molar-refractivity contribution in [3.8, 4) is 0 Å². The van der Waals surface area contributed by atoms with E-state index in [-0.39, 0.29) is 11.8 Å². The van der Waals surface area contributed by atoms with Crippen molar-refractivity contribution < 1.29 is 9.59 Å². The van der Waals surface area contributed by atoms with Gasteiger partial charge in [-0.3, -0.25) is 9.59 Å². The van der Waals surface area contributed by atoms with Crippen LogP contribution >= 0.6 is 0 Å². The van der Waals surface area contributed by atoms with Gasteiger partial charge in [-0.25, -0.2) is 0 Å². The molecule has 0 unspecified atom stereocenters. The van der Waals surface area contributed by atoms with Gasteiger partial charge in [-0.1, -0.05) is 31.7 Å². The highest BCUT2D eigenvalue weighted by atomic mass is 16.2. The molecule has 0 radical (unpaired) electrons. The van der Waals surface area contributed by atoms with E-state index in [1.165, 1.54) is 25.7 Å². The molecule has 1 saturated heterocycles. The summed E-state index contributed by atoms with van der Waals surface area (Å²) in [6.45, 7) is 2.56. The molecular weight excluding hydrogens is 326 g/mol. The van der Waals surface area contributed by atoms with Crippen molar-refractivity contribution in [3.05, 3.63) is 29.8 Å². The lowest BCUT2D eigenvalue weighted by molar-refractivity contribution is -0.133. The monoisotopic (exact) mass is 357 g/mol. The molecule has 2 amide bonds. The van der Waals surface area contributed by atoms with Crippen LogP contribution in [-0.2, 0) is 4.79 Å². The van der Waals surface area contributed by atoms with Gasteiger partial charge >= 0.3 is 0 Å². The van der Waals surface area contributed by atoms with E-state index in [2.05, 4.69) is 0 Å². The summed E-state index contributed by atoms with van der Waals surface area (Å²) >= 11 is 0. The summed E-state index contributed by atoms with van der Waals surface area (Å²) in [5.41, 5.74) is 1.74. The Morgan fingerprint density at radius 2 is 1.69 bits per heavy atom. The van der Waals surface area contributed by atoms with Crippen LogP contribution in [0.3, 0.4) is 0 Å². The standard InChI is InChI=1S/C21H31N3O2/c1-22(2)19-9-5-8-18(16-19)21(26)24-14-12-23(13-15-24)20(25)11-10-17-6-3-4-7-17/h5,8-9,16-17H,3-4,6-7,10-15H2,1-2H3. The third-order valence-electron chi connectivity index (χ3n) is 5.77. The van der Waals surface area contributed by atoms with Gasteiger partial charge in [0.25, 0.3) is 5.91 Å². The highest BCUT2D eigenvalue weighted by molar-refractivity contribution is 5.95. The molecule has 3 rings (SSSR count). The summed E-state index contributed by atoms with van der Waals surface area (Å²) in [6, 6.07) is 7.72. The van der Waals surface area contributed by atoms with Crippen LogP contribution in [0, 0.1) is 5.92 Å². The fraction of sp³-hybridized carbons (Fsp3) is 0.619. The normalized spacial score (nSPS) is 18.2. The third-order valence-corrected chi connectivity index (χ3v) is 5.77. The van der Waals surface area contributed by atoms with Gasteiger partial charge < -0.3 is 14.7 Å².